The molecule has 0 aliphatic rings. The van der Waals surface area contributed by atoms with Crippen LogP contribution in [0.2, 0.25) is 0 Å². The number of hydrogen-bond donors (Lipinski definition) is 2. The van der Waals surface area contributed by atoms with Crippen LogP contribution in [-0.4, -0.2) is 15.1 Å². The number of aromatic nitrogens is 1. The third kappa shape index (κ3) is 3.00. The van der Waals surface area contributed by atoms with Crippen molar-refractivity contribution in [2.24, 2.45) is 5.14 Å². The molecule has 1 unspecified atom stereocenters. The summed E-state index contributed by atoms with van der Waals surface area (Å²) in [5.74, 6) is 4.25. The number of benzene rings is 1. The van der Waals surface area contributed by atoms with E-state index >= 15 is 0 Å². The Morgan fingerprint density at radius 1 is 1.25 bits per heavy atom. The first-order valence-corrected chi connectivity index (χ1v) is 8.10. The van der Waals surface area contributed by atoms with Crippen molar-refractivity contribution in [1.29, 1.82) is 0 Å². The van der Waals surface area contributed by atoms with E-state index in [0.717, 1.165) is 16.8 Å². The van der Waals surface area contributed by atoms with Gasteiger partial charge in [0.1, 0.15) is 5.82 Å². The molecular weight excluding hydrogens is 270 g/mol. The summed E-state index contributed by atoms with van der Waals surface area (Å²) >= 11 is 0. The lowest BCUT2D eigenvalue weighted by Crippen LogP contribution is -2.11. The van der Waals surface area contributed by atoms with Gasteiger partial charge in [0.05, 0.1) is 15.4 Å². The third-order valence-electron chi connectivity index (χ3n) is 3.04. The van der Waals surface area contributed by atoms with Gasteiger partial charge < -0.3 is 5.73 Å². The van der Waals surface area contributed by atoms with Gasteiger partial charge in [-0.15, -0.1) is 0 Å². The second-order valence-electron chi connectivity index (χ2n) is 5.08. The summed E-state index contributed by atoms with van der Waals surface area (Å²) in [5.41, 5.74) is 8.56. The van der Waals surface area contributed by atoms with Gasteiger partial charge in [-0.05, 0) is 41.6 Å². The summed E-state index contributed by atoms with van der Waals surface area (Å²) in [6.45, 7) is 4.12. The Morgan fingerprint density at radius 2 is 1.95 bits per heavy atom. The van der Waals surface area contributed by atoms with Crippen LogP contribution in [0, 0.1) is 0 Å². The maximum atomic E-state index is 11.9. The first-order chi connectivity index (χ1) is 9.29. The van der Waals surface area contributed by atoms with E-state index in [1.54, 1.807) is 18.2 Å². The van der Waals surface area contributed by atoms with Crippen molar-refractivity contribution in [2.75, 3.05) is 5.73 Å². The zero-order valence-corrected chi connectivity index (χ0v) is 12.5. The predicted octanol–water partition coefficient (Wildman–Crippen LogP) is 2.40. The fourth-order valence-corrected chi connectivity index (χ4v) is 2.69. The maximum absolute atomic E-state index is 11.9. The molecule has 0 amide bonds. The summed E-state index contributed by atoms with van der Waals surface area (Å²) in [5, 5.41) is 5.61. The highest BCUT2D eigenvalue weighted by Gasteiger charge is 2.12. The van der Waals surface area contributed by atoms with Crippen LogP contribution >= 0.6 is 0 Å². The van der Waals surface area contributed by atoms with Crippen LogP contribution in [0.1, 0.15) is 25.5 Å². The molecule has 5 heteroatoms. The Morgan fingerprint density at radius 3 is 2.55 bits per heavy atom. The summed E-state index contributed by atoms with van der Waals surface area (Å²) in [4.78, 5) is 4.93. The number of hydrogen-bond acceptors (Lipinski definition) is 3. The van der Waals surface area contributed by atoms with E-state index in [-0.39, 0.29) is 5.92 Å². The fourth-order valence-electron chi connectivity index (χ4n) is 2.05. The topological polar surface area (TPSA) is 82.0 Å². The number of nitrogens with zero attached hydrogens (tertiary/aromatic N) is 1. The van der Waals surface area contributed by atoms with Crippen molar-refractivity contribution in [3.05, 3.63) is 42.1 Å². The highest BCUT2D eigenvalue weighted by molar-refractivity contribution is 7.98. The molecule has 20 heavy (non-hydrogen) atoms. The van der Waals surface area contributed by atoms with Gasteiger partial charge in [-0.25, -0.2) is 9.19 Å². The summed E-state index contributed by atoms with van der Waals surface area (Å²) < 4.78 is 11.9. The van der Waals surface area contributed by atoms with Gasteiger partial charge in [0, 0.05) is 10.5 Å². The number of anilines is 1. The zero-order valence-electron chi connectivity index (χ0n) is 11.7. The summed E-state index contributed by atoms with van der Waals surface area (Å²) in [7, 11) is -2.72. The smallest absolute Gasteiger partial charge is 0.123 e. The van der Waals surface area contributed by atoms with E-state index in [4.69, 9.17) is 10.9 Å². The van der Waals surface area contributed by atoms with Gasteiger partial charge in [0.2, 0.25) is 0 Å². The van der Waals surface area contributed by atoms with Crippen molar-refractivity contribution >= 4 is 21.4 Å². The SMILES string of the molecule is C=S(N)(=O)c1cccc(-c2ccc(N)nc2C(C)C)c1. The van der Waals surface area contributed by atoms with Gasteiger partial charge in [-0.2, -0.15) is 0 Å². The van der Waals surface area contributed by atoms with Crippen molar-refractivity contribution in [1.82, 2.24) is 4.98 Å². The molecule has 0 radical (unpaired) electrons. The second-order valence-corrected chi connectivity index (χ2v) is 7.00. The molecule has 4 N–H and O–H groups in total. The molecule has 0 fully saturated rings. The average Bonchev–Trinajstić information content (AvgIpc) is 2.37. The first kappa shape index (κ1) is 14.6. The monoisotopic (exact) mass is 289 g/mol. The van der Waals surface area contributed by atoms with Crippen molar-refractivity contribution in [3.8, 4) is 11.1 Å². The fraction of sp³-hybridized carbons (Fsp3) is 0.200. The molecule has 0 aliphatic heterocycles. The van der Waals surface area contributed by atoms with E-state index in [0.29, 0.717) is 10.7 Å². The Kier molecular flexibility index (Phi) is 3.83. The van der Waals surface area contributed by atoms with Crippen LogP contribution in [-0.2, 0) is 9.71 Å². The molecule has 0 aliphatic carbocycles. The van der Waals surface area contributed by atoms with E-state index < -0.39 is 9.71 Å². The molecule has 1 heterocycles. The molecule has 1 atom stereocenters. The number of rotatable bonds is 3. The number of nitrogen functional groups attached to an aromatic ring is 1. The minimum Gasteiger partial charge on any atom is -0.384 e. The normalized spacial score (nSPS) is 14.2. The van der Waals surface area contributed by atoms with Crippen LogP contribution < -0.4 is 10.9 Å². The van der Waals surface area contributed by atoms with E-state index in [1.165, 1.54) is 0 Å². The minimum atomic E-state index is -2.72. The van der Waals surface area contributed by atoms with Crippen molar-refractivity contribution in [3.63, 3.8) is 0 Å². The van der Waals surface area contributed by atoms with Crippen molar-refractivity contribution in [2.45, 2.75) is 24.7 Å². The predicted molar refractivity (Wildman–Crippen MR) is 85.9 cm³/mol. The second kappa shape index (κ2) is 5.26. The van der Waals surface area contributed by atoms with E-state index in [9.17, 15) is 4.21 Å². The van der Waals surface area contributed by atoms with Crippen LogP contribution in [0.25, 0.3) is 11.1 Å². The number of nitrogens with two attached hydrogens (primary N) is 2. The standard InChI is InChI=1S/C15H19N3OS/c1-10(2)15-13(7-8-14(16)18-15)11-5-4-6-12(9-11)20(3,17)19/h4-10H,3H2,1-2H3,(H2,16,18)(H2,17,19). The summed E-state index contributed by atoms with van der Waals surface area (Å²) in [6, 6.07) is 11.0. The minimum absolute atomic E-state index is 0.235. The first-order valence-electron chi connectivity index (χ1n) is 6.31. The lowest BCUT2D eigenvalue weighted by atomic mass is 9.97. The molecule has 106 valence electrons. The Hall–Kier alpha value is -1.85. The van der Waals surface area contributed by atoms with Gasteiger partial charge in [-0.3, -0.25) is 5.14 Å². The molecule has 0 spiro atoms. The van der Waals surface area contributed by atoms with Gasteiger partial charge in [-0.1, -0.05) is 26.0 Å². The van der Waals surface area contributed by atoms with E-state index in [2.05, 4.69) is 24.7 Å². The maximum Gasteiger partial charge on any atom is 0.123 e. The molecular formula is C15H19N3OS. The molecule has 0 saturated heterocycles. The number of pyridine rings is 1. The van der Waals surface area contributed by atoms with Crippen LogP contribution in [0.3, 0.4) is 0 Å². The quantitative estimate of drug-likeness (QED) is 0.851. The lowest BCUT2D eigenvalue weighted by molar-refractivity contribution is 0.682. The Balaban J connectivity index is 2.63. The highest BCUT2D eigenvalue weighted by atomic mass is 32.2. The molecule has 1 aromatic heterocycles. The van der Waals surface area contributed by atoms with Crippen LogP contribution in [0.15, 0.2) is 41.3 Å². The highest BCUT2D eigenvalue weighted by Crippen LogP contribution is 2.29. The Bertz CT molecular complexity index is 737. The third-order valence-corrected chi connectivity index (χ3v) is 4.09. The largest absolute Gasteiger partial charge is 0.384 e. The Labute approximate surface area is 120 Å². The summed E-state index contributed by atoms with van der Waals surface area (Å²) in [6.07, 6.45) is 0. The molecule has 2 aromatic rings. The van der Waals surface area contributed by atoms with Crippen LogP contribution in [0.5, 0.6) is 0 Å². The molecule has 2 rings (SSSR count). The van der Waals surface area contributed by atoms with Crippen molar-refractivity contribution < 1.29 is 4.21 Å². The molecule has 0 bridgehead atoms. The molecule has 1 aromatic carbocycles. The molecule has 4 nitrogen and oxygen atoms in total. The van der Waals surface area contributed by atoms with Gasteiger partial charge in [0.25, 0.3) is 0 Å². The zero-order chi connectivity index (χ0) is 14.9. The lowest BCUT2D eigenvalue weighted by Gasteiger charge is -2.13. The molecule has 0 saturated carbocycles. The van der Waals surface area contributed by atoms with Gasteiger partial charge in [0.15, 0.2) is 0 Å². The average molecular weight is 289 g/mol. The van der Waals surface area contributed by atoms with Crippen LogP contribution in [0.4, 0.5) is 5.82 Å². The van der Waals surface area contributed by atoms with Gasteiger partial charge >= 0.3 is 0 Å². The van der Waals surface area contributed by atoms with E-state index in [1.807, 2.05) is 18.2 Å².